The first-order chi connectivity index (χ1) is 13.1. The summed E-state index contributed by atoms with van der Waals surface area (Å²) in [7, 11) is 0. The maximum atomic E-state index is 12.2. The lowest BCUT2D eigenvalue weighted by Crippen LogP contribution is -2.33. The van der Waals surface area contributed by atoms with Crippen LogP contribution in [0.1, 0.15) is 70.8 Å². The SMILES string of the molecule is CCCC1CC(C(=O)Oc2ccc(-c3ccc([C@@H](C)CCC)cc3)cc2)C1. The number of hydrogen-bond acceptors (Lipinski definition) is 2. The Morgan fingerprint density at radius 3 is 2.11 bits per heavy atom. The Kier molecular flexibility index (Phi) is 6.71. The van der Waals surface area contributed by atoms with Gasteiger partial charge >= 0.3 is 5.97 Å². The van der Waals surface area contributed by atoms with Crippen LogP contribution in [0, 0.1) is 11.8 Å². The molecule has 3 rings (SSSR count). The molecule has 0 aliphatic heterocycles. The van der Waals surface area contributed by atoms with Crippen LogP contribution in [0.25, 0.3) is 11.1 Å². The minimum atomic E-state index is -0.0654. The first kappa shape index (κ1) is 19.7. The summed E-state index contributed by atoms with van der Waals surface area (Å²) in [6.45, 7) is 6.72. The van der Waals surface area contributed by atoms with Crippen molar-refractivity contribution in [2.45, 2.75) is 65.2 Å². The van der Waals surface area contributed by atoms with E-state index in [2.05, 4.69) is 45.0 Å². The lowest BCUT2D eigenvalue weighted by Gasteiger charge is -2.33. The van der Waals surface area contributed by atoms with Crippen molar-refractivity contribution in [1.29, 1.82) is 0 Å². The van der Waals surface area contributed by atoms with Crippen molar-refractivity contribution in [3.8, 4) is 16.9 Å². The fraction of sp³-hybridized carbons (Fsp3) is 0.480. The number of carbonyl (C=O) groups excluding carboxylic acids is 1. The average molecular weight is 365 g/mol. The van der Waals surface area contributed by atoms with Crippen LogP contribution >= 0.6 is 0 Å². The second-order valence-corrected chi connectivity index (χ2v) is 8.08. The highest BCUT2D eigenvalue weighted by atomic mass is 16.5. The van der Waals surface area contributed by atoms with Gasteiger partial charge in [-0.2, -0.15) is 0 Å². The van der Waals surface area contributed by atoms with E-state index in [-0.39, 0.29) is 11.9 Å². The quantitative estimate of drug-likeness (QED) is 0.373. The van der Waals surface area contributed by atoms with Crippen LogP contribution in [-0.4, -0.2) is 5.97 Å². The van der Waals surface area contributed by atoms with Crippen LogP contribution in [0.5, 0.6) is 5.75 Å². The van der Waals surface area contributed by atoms with E-state index < -0.39 is 0 Å². The molecule has 0 aromatic heterocycles. The normalized spacial score (nSPS) is 20.0. The predicted octanol–water partition coefficient (Wildman–Crippen LogP) is 6.99. The van der Waals surface area contributed by atoms with Gasteiger partial charge in [-0.25, -0.2) is 0 Å². The molecule has 1 saturated carbocycles. The molecule has 144 valence electrons. The molecule has 1 atom stereocenters. The molecule has 0 amide bonds. The summed E-state index contributed by atoms with van der Waals surface area (Å²) in [4.78, 5) is 12.2. The molecule has 2 aromatic carbocycles. The van der Waals surface area contributed by atoms with Crippen molar-refractivity contribution in [3.05, 3.63) is 54.1 Å². The average Bonchev–Trinajstić information content (AvgIpc) is 2.65. The van der Waals surface area contributed by atoms with Gasteiger partial charge in [-0.1, -0.05) is 76.4 Å². The van der Waals surface area contributed by atoms with Crippen molar-refractivity contribution in [2.75, 3.05) is 0 Å². The number of esters is 1. The van der Waals surface area contributed by atoms with E-state index >= 15 is 0 Å². The van der Waals surface area contributed by atoms with Crippen LogP contribution < -0.4 is 4.74 Å². The summed E-state index contributed by atoms with van der Waals surface area (Å²) >= 11 is 0. The Morgan fingerprint density at radius 2 is 1.56 bits per heavy atom. The summed E-state index contributed by atoms with van der Waals surface area (Å²) in [6.07, 6.45) is 6.85. The second-order valence-electron chi connectivity index (χ2n) is 8.08. The molecule has 0 N–H and O–H groups in total. The van der Waals surface area contributed by atoms with Crippen molar-refractivity contribution >= 4 is 5.97 Å². The zero-order valence-electron chi connectivity index (χ0n) is 16.9. The number of benzene rings is 2. The summed E-state index contributed by atoms with van der Waals surface area (Å²) < 4.78 is 5.57. The molecule has 2 heteroatoms. The molecule has 1 aliphatic rings. The number of rotatable bonds is 8. The van der Waals surface area contributed by atoms with Gasteiger partial charge in [0, 0.05) is 0 Å². The summed E-state index contributed by atoms with van der Waals surface area (Å²) in [5.41, 5.74) is 3.74. The van der Waals surface area contributed by atoms with E-state index in [0.29, 0.717) is 11.7 Å². The van der Waals surface area contributed by atoms with E-state index in [1.165, 1.54) is 36.8 Å². The van der Waals surface area contributed by atoms with Crippen LogP contribution in [-0.2, 0) is 4.79 Å². The van der Waals surface area contributed by atoms with Gasteiger partial charge in [0.05, 0.1) is 5.92 Å². The Bertz CT molecular complexity index is 724. The van der Waals surface area contributed by atoms with Gasteiger partial charge in [0.2, 0.25) is 0 Å². The first-order valence-corrected chi connectivity index (χ1v) is 10.5. The molecule has 27 heavy (non-hydrogen) atoms. The lowest BCUT2D eigenvalue weighted by atomic mass is 9.73. The third-order valence-electron chi connectivity index (χ3n) is 5.87. The number of hydrogen-bond donors (Lipinski definition) is 0. The molecule has 0 bridgehead atoms. The Labute approximate surface area is 164 Å². The summed E-state index contributed by atoms with van der Waals surface area (Å²) in [5, 5.41) is 0. The summed E-state index contributed by atoms with van der Waals surface area (Å²) in [5.74, 6) is 2.01. The largest absolute Gasteiger partial charge is 0.426 e. The fourth-order valence-electron chi connectivity index (χ4n) is 4.09. The maximum Gasteiger partial charge on any atom is 0.314 e. The Hall–Kier alpha value is -2.09. The fourth-order valence-corrected chi connectivity index (χ4v) is 4.09. The van der Waals surface area contributed by atoms with Gasteiger partial charge in [0.25, 0.3) is 0 Å². The molecule has 0 saturated heterocycles. The minimum absolute atomic E-state index is 0.0654. The number of carbonyl (C=O) groups is 1. The van der Waals surface area contributed by atoms with Crippen molar-refractivity contribution in [2.24, 2.45) is 11.8 Å². The standard InChI is InChI=1S/C25H32O2/c1-4-6-18(3)20-8-10-21(11-9-20)22-12-14-24(15-13-22)27-25(26)23-16-19(17-23)7-5-2/h8-15,18-19,23H,4-7,16-17H2,1-3H3/t18-,19?,23?/m0/s1. The van der Waals surface area contributed by atoms with Crippen molar-refractivity contribution in [1.82, 2.24) is 0 Å². The molecule has 1 fully saturated rings. The molecule has 0 radical (unpaired) electrons. The zero-order chi connectivity index (χ0) is 19.2. The highest BCUT2D eigenvalue weighted by molar-refractivity contribution is 5.76. The van der Waals surface area contributed by atoms with E-state index in [1.807, 2.05) is 24.3 Å². The zero-order valence-corrected chi connectivity index (χ0v) is 16.9. The Balaban J connectivity index is 1.56. The van der Waals surface area contributed by atoms with Gasteiger partial charge in [0.1, 0.15) is 5.75 Å². The smallest absolute Gasteiger partial charge is 0.314 e. The predicted molar refractivity (Wildman–Crippen MR) is 112 cm³/mol. The molecule has 0 spiro atoms. The van der Waals surface area contributed by atoms with Crippen LogP contribution in [0.15, 0.2) is 48.5 Å². The topological polar surface area (TPSA) is 26.3 Å². The monoisotopic (exact) mass is 364 g/mol. The van der Waals surface area contributed by atoms with E-state index in [9.17, 15) is 4.79 Å². The highest BCUT2D eigenvalue weighted by Gasteiger charge is 2.35. The van der Waals surface area contributed by atoms with Crippen LogP contribution in [0.3, 0.4) is 0 Å². The summed E-state index contributed by atoms with van der Waals surface area (Å²) in [6, 6.07) is 16.7. The third kappa shape index (κ3) is 5.00. The van der Waals surface area contributed by atoms with Crippen LogP contribution in [0.4, 0.5) is 0 Å². The van der Waals surface area contributed by atoms with Gasteiger partial charge in [-0.05, 0) is 59.9 Å². The van der Waals surface area contributed by atoms with Crippen LogP contribution in [0.2, 0.25) is 0 Å². The van der Waals surface area contributed by atoms with Gasteiger partial charge in [-0.15, -0.1) is 0 Å². The maximum absolute atomic E-state index is 12.2. The third-order valence-corrected chi connectivity index (χ3v) is 5.87. The van der Waals surface area contributed by atoms with E-state index in [1.54, 1.807) is 0 Å². The molecule has 0 heterocycles. The molecular weight excluding hydrogens is 332 g/mol. The minimum Gasteiger partial charge on any atom is -0.426 e. The van der Waals surface area contributed by atoms with Crippen molar-refractivity contribution < 1.29 is 9.53 Å². The number of ether oxygens (including phenoxy) is 1. The first-order valence-electron chi connectivity index (χ1n) is 10.5. The van der Waals surface area contributed by atoms with Gasteiger partial charge < -0.3 is 4.74 Å². The van der Waals surface area contributed by atoms with E-state index in [0.717, 1.165) is 24.3 Å². The van der Waals surface area contributed by atoms with Gasteiger partial charge in [0.15, 0.2) is 0 Å². The lowest BCUT2D eigenvalue weighted by molar-refractivity contribution is -0.143. The Morgan fingerprint density at radius 1 is 0.963 bits per heavy atom. The molecule has 0 unspecified atom stereocenters. The molecular formula is C25H32O2. The highest BCUT2D eigenvalue weighted by Crippen LogP contribution is 2.37. The molecule has 2 aromatic rings. The molecule has 2 nitrogen and oxygen atoms in total. The second kappa shape index (κ2) is 9.21. The van der Waals surface area contributed by atoms with Gasteiger partial charge in [-0.3, -0.25) is 4.79 Å². The molecule has 1 aliphatic carbocycles. The van der Waals surface area contributed by atoms with Crippen molar-refractivity contribution in [3.63, 3.8) is 0 Å². The van der Waals surface area contributed by atoms with E-state index in [4.69, 9.17) is 4.74 Å².